The van der Waals surface area contributed by atoms with E-state index in [0.29, 0.717) is 16.8 Å². The Kier molecular flexibility index (Phi) is 4.09. The Morgan fingerprint density at radius 1 is 1.35 bits per heavy atom. The number of hydrogen-bond acceptors (Lipinski definition) is 4. The zero-order valence-corrected chi connectivity index (χ0v) is 11.4. The molecule has 0 saturated carbocycles. The third-order valence-electron chi connectivity index (χ3n) is 2.76. The van der Waals surface area contributed by atoms with Gasteiger partial charge in [-0.05, 0) is 36.2 Å². The maximum atomic E-state index is 12.9. The Labute approximate surface area is 118 Å². The second kappa shape index (κ2) is 5.79. The molecule has 3 N–H and O–H groups in total. The Bertz CT molecular complexity index is 639. The van der Waals surface area contributed by atoms with Gasteiger partial charge in [0.15, 0.2) is 0 Å². The van der Waals surface area contributed by atoms with Gasteiger partial charge in [-0.3, -0.25) is 9.59 Å². The van der Waals surface area contributed by atoms with E-state index >= 15 is 0 Å². The molecule has 0 unspecified atom stereocenters. The fourth-order valence-corrected chi connectivity index (χ4v) is 2.39. The highest BCUT2D eigenvalue weighted by Gasteiger charge is 2.22. The van der Waals surface area contributed by atoms with Gasteiger partial charge in [0.05, 0.1) is 11.3 Å². The minimum atomic E-state index is -1.01. The molecule has 0 saturated heterocycles. The van der Waals surface area contributed by atoms with Crippen molar-refractivity contribution in [3.63, 3.8) is 0 Å². The lowest BCUT2D eigenvalue weighted by Gasteiger charge is -2.15. The number of nitrogens with zero attached hydrogens (tertiary/aromatic N) is 1. The summed E-state index contributed by atoms with van der Waals surface area (Å²) >= 11 is 1.15. The second-order valence-corrected chi connectivity index (χ2v) is 4.80. The summed E-state index contributed by atoms with van der Waals surface area (Å²) in [5, 5.41) is 4.12. The van der Waals surface area contributed by atoms with Gasteiger partial charge in [-0.2, -0.15) is 4.37 Å². The number of halogens is 1. The van der Waals surface area contributed by atoms with E-state index in [1.54, 1.807) is 12.3 Å². The first-order valence-corrected chi connectivity index (χ1v) is 6.59. The molecular formula is C13H12FN3O2S. The molecule has 1 heterocycles. The molecule has 0 aliphatic carbocycles. The number of primary amides is 1. The van der Waals surface area contributed by atoms with Gasteiger partial charge >= 0.3 is 0 Å². The van der Waals surface area contributed by atoms with Crippen molar-refractivity contribution in [2.24, 2.45) is 5.73 Å². The predicted molar refractivity (Wildman–Crippen MR) is 72.7 cm³/mol. The van der Waals surface area contributed by atoms with Crippen molar-refractivity contribution in [2.45, 2.75) is 13.0 Å². The molecular weight excluding hydrogens is 281 g/mol. The quantitative estimate of drug-likeness (QED) is 0.896. The van der Waals surface area contributed by atoms with Gasteiger partial charge in [-0.25, -0.2) is 4.39 Å². The first-order chi connectivity index (χ1) is 9.49. The molecule has 0 bridgehead atoms. The predicted octanol–water partition coefficient (Wildman–Crippen LogP) is 1.55. The molecule has 5 nitrogen and oxygen atoms in total. The van der Waals surface area contributed by atoms with Gasteiger partial charge in [-0.1, -0.05) is 12.1 Å². The topological polar surface area (TPSA) is 85.1 Å². The van der Waals surface area contributed by atoms with Crippen molar-refractivity contribution >= 4 is 23.3 Å². The van der Waals surface area contributed by atoms with Crippen molar-refractivity contribution in [1.82, 2.24) is 9.69 Å². The second-order valence-electron chi connectivity index (χ2n) is 4.17. The van der Waals surface area contributed by atoms with Crippen molar-refractivity contribution in [1.29, 1.82) is 0 Å². The van der Waals surface area contributed by atoms with Crippen LogP contribution in [-0.2, 0) is 4.79 Å². The number of nitrogens with two attached hydrogens (primary N) is 1. The zero-order chi connectivity index (χ0) is 14.7. The number of hydrogen-bond donors (Lipinski definition) is 2. The highest BCUT2D eigenvalue weighted by Crippen LogP contribution is 2.16. The zero-order valence-electron chi connectivity index (χ0n) is 10.6. The Hall–Kier alpha value is -2.28. The van der Waals surface area contributed by atoms with E-state index in [0.717, 1.165) is 11.5 Å². The van der Waals surface area contributed by atoms with Gasteiger partial charge in [0.2, 0.25) is 5.91 Å². The van der Waals surface area contributed by atoms with Crippen molar-refractivity contribution in [3.8, 4) is 0 Å². The number of carbonyl (C=O) groups excluding carboxylic acids is 2. The minimum Gasteiger partial charge on any atom is -0.368 e. The van der Waals surface area contributed by atoms with Crippen LogP contribution in [0.3, 0.4) is 0 Å². The highest BCUT2D eigenvalue weighted by atomic mass is 32.1. The first kappa shape index (κ1) is 14.1. The molecule has 2 rings (SSSR count). The maximum absolute atomic E-state index is 12.9. The summed E-state index contributed by atoms with van der Waals surface area (Å²) in [6, 6.07) is 4.21. The standard InChI is InChI=1S/C13H12FN3O2S/c1-7-10(6-20-17-7)13(19)16-11(12(15)18)8-2-4-9(14)5-3-8/h2-6,11H,1H3,(H2,15,18)(H,16,19)/t11-/m0/s1. The van der Waals surface area contributed by atoms with Gasteiger partial charge in [-0.15, -0.1) is 0 Å². The third kappa shape index (κ3) is 3.00. The number of nitrogens with one attached hydrogen (secondary N) is 1. The van der Waals surface area contributed by atoms with Crippen LogP contribution in [-0.4, -0.2) is 16.2 Å². The average Bonchev–Trinajstić information content (AvgIpc) is 2.83. The van der Waals surface area contributed by atoms with E-state index in [4.69, 9.17) is 5.73 Å². The summed E-state index contributed by atoms with van der Waals surface area (Å²) in [5.41, 5.74) is 6.68. The Morgan fingerprint density at radius 2 is 2.00 bits per heavy atom. The van der Waals surface area contributed by atoms with Crippen molar-refractivity contribution < 1.29 is 14.0 Å². The lowest BCUT2D eigenvalue weighted by Crippen LogP contribution is -2.37. The number of aryl methyl sites for hydroxylation is 1. The minimum absolute atomic E-state index is 0.392. The number of rotatable bonds is 4. The lowest BCUT2D eigenvalue weighted by molar-refractivity contribution is -0.120. The molecule has 7 heteroatoms. The Morgan fingerprint density at radius 3 is 2.50 bits per heavy atom. The van der Waals surface area contributed by atoms with E-state index in [2.05, 4.69) is 9.69 Å². The first-order valence-electron chi connectivity index (χ1n) is 5.75. The summed E-state index contributed by atoms with van der Waals surface area (Å²) < 4.78 is 16.9. The van der Waals surface area contributed by atoms with Crippen LogP contribution in [0.2, 0.25) is 0 Å². The smallest absolute Gasteiger partial charge is 0.254 e. The summed E-state index contributed by atoms with van der Waals surface area (Å²) in [7, 11) is 0. The molecule has 0 aliphatic heterocycles. The van der Waals surface area contributed by atoms with E-state index < -0.39 is 23.7 Å². The molecule has 2 aromatic rings. The molecule has 1 atom stereocenters. The maximum Gasteiger partial charge on any atom is 0.254 e. The third-order valence-corrected chi connectivity index (χ3v) is 3.48. The molecule has 0 fully saturated rings. The van der Waals surface area contributed by atoms with Crippen molar-refractivity contribution in [2.75, 3.05) is 0 Å². The van der Waals surface area contributed by atoms with Crippen LogP contribution in [0.5, 0.6) is 0 Å². The van der Waals surface area contributed by atoms with Gasteiger partial charge in [0.1, 0.15) is 11.9 Å². The summed E-state index contributed by atoms with van der Waals surface area (Å²) in [5.74, 6) is -1.59. The highest BCUT2D eigenvalue weighted by molar-refractivity contribution is 7.03. The molecule has 2 amide bonds. The number of aromatic nitrogens is 1. The van der Waals surface area contributed by atoms with Crippen molar-refractivity contribution in [3.05, 3.63) is 52.3 Å². The normalized spacial score (nSPS) is 11.9. The van der Waals surface area contributed by atoms with Crippen LogP contribution >= 0.6 is 11.5 Å². The van der Waals surface area contributed by atoms with Crippen LogP contribution in [0.1, 0.15) is 27.7 Å². The van der Waals surface area contributed by atoms with Crippen LogP contribution < -0.4 is 11.1 Å². The number of carbonyl (C=O) groups is 2. The summed E-state index contributed by atoms with van der Waals surface area (Å²) in [4.78, 5) is 23.5. The van der Waals surface area contributed by atoms with E-state index in [1.807, 2.05) is 0 Å². The van der Waals surface area contributed by atoms with Gasteiger partial charge in [0, 0.05) is 5.38 Å². The van der Waals surface area contributed by atoms with Gasteiger partial charge in [0.25, 0.3) is 5.91 Å². The molecule has 0 aliphatic rings. The number of amides is 2. The lowest BCUT2D eigenvalue weighted by atomic mass is 10.1. The molecule has 1 aromatic carbocycles. The van der Waals surface area contributed by atoms with E-state index in [9.17, 15) is 14.0 Å². The van der Waals surface area contributed by atoms with Crippen LogP contribution in [0, 0.1) is 12.7 Å². The number of benzene rings is 1. The van der Waals surface area contributed by atoms with Gasteiger partial charge < -0.3 is 11.1 Å². The van der Waals surface area contributed by atoms with E-state index in [1.165, 1.54) is 24.3 Å². The largest absolute Gasteiger partial charge is 0.368 e. The molecule has 104 valence electrons. The van der Waals surface area contributed by atoms with Crippen LogP contribution in [0.25, 0.3) is 0 Å². The fourth-order valence-electron chi connectivity index (χ4n) is 1.69. The summed E-state index contributed by atoms with van der Waals surface area (Å²) in [6.07, 6.45) is 0. The van der Waals surface area contributed by atoms with E-state index in [-0.39, 0.29) is 0 Å². The fraction of sp³-hybridized carbons (Fsp3) is 0.154. The average molecular weight is 293 g/mol. The van der Waals surface area contributed by atoms with Crippen LogP contribution in [0.15, 0.2) is 29.6 Å². The molecule has 20 heavy (non-hydrogen) atoms. The molecule has 0 radical (unpaired) electrons. The van der Waals surface area contributed by atoms with Crippen LogP contribution in [0.4, 0.5) is 4.39 Å². The summed E-state index contributed by atoms with van der Waals surface area (Å²) in [6.45, 7) is 1.70. The Balaban J connectivity index is 2.22. The molecule has 1 aromatic heterocycles. The SMILES string of the molecule is Cc1nscc1C(=O)N[C@H](C(N)=O)c1ccc(F)cc1. The molecule has 0 spiro atoms. The monoisotopic (exact) mass is 293 g/mol.